The molecule has 0 saturated carbocycles. The summed E-state index contributed by atoms with van der Waals surface area (Å²) >= 11 is 0. The molecule has 0 spiro atoms. The summed E-state index contributed by atoms with van der Waals surface area (Å²) in [6.45, 7) is 11.5. The Morgan fingerprint density at radius 3 is 2.02 bits per heavy atom. The van der Waals surface area contributed by atoms with Gasteiger partial charge in [-0.15, -0.1) is 0 Å². The zero-order valence-electron chi connectivity index (χ0n) is 28.9. The van der Waals surface area contributed by atoms with Crippen LogP contribution in [0.1, 0.15) is 32.4 Å². The molecule has 2 fully saturated rings. The fraction of sp³-hybridized carbons (Fsp3) is 0.455. The minimum absolute atomic E-state index is 0.0406. The molecule has 2 saturated heterocycles. The zero-order chi connectivity index (χ0) is 39.0. The molecule has 17 nitrogen and oxygen atoms in total. The first-order chi connectivity index (χ1) is 24.2. The molecule has 4 aliphatic heterocycles. The number of amides is 4. The molecule has 1 aromatic rings. The summed E-state index contributed by atoms with van der Waals surface area (Å²) < 4.78 is 42.7. The maximum Gasteiger partial charge on any atom is 0.333 e. The van der Waals surface area contributed by atoms with Gasteiger partial charge in [0, 0.05) is 49.2 Å². The van der Waals surface area contributed by atoms with Gasteiger partial charge in [-0.05, 0) is 44.9 Å². The number of nitrogens with zero attached hydrogens (tertiary/aromatic N) is 2. The van der Waals surface area contributed by atoms with E-state index in [9.17, 15) is 42.8 Å². The highest BCUT2D eigenvalue weighted by Gasteiger charge is 2.67. The van der Waals surface area contributed by atoms with Crippen LogP contribution in [0.3, 0.4) is 0 Å². The molecular weight excluding hydrogens is 726 g/mol. The number of carbonyl (C=O) groups excluding carboxylic acids is 6. The van der Waals surface area contributed by atoms with Crippen LogP contribution in [-0.4, -0.2) is 110 Å². The van der Waals surface area contributed by atoms with Gasteiger partial charge in [-0.3, -0.25) is 38.1 Å². The number of hydrogen-bond donors (Lipinski definition) is 3. The van der Waals surface area contributed by atoms with E-state index in [2.05, 4.69) is 13.2 Å². The van der Waals surface area contributed by atoms with Gasteiger partial charge in [0.2, 0.25) is 11.8 Å². The Balaban J connectivity index is 0.000000236. The van der Waals surface area contributed by atoms with Crippen molar-refractivity contribution in [1.82, 2.24) is 9.80 Å². The standard InChI is InChI=1S/C17H22NO7P.C9H10O3.C7H10NO5P/c1-10(2)16(21)24-9-17-6-5-11(25-17)12-13(17)15(20)18(14(12)19)7-4-8-26(3,22)23;1-7(2)9(10)12-6-8-4-3-5-11-8;9-6-2-3-7(10)8(6)4-1-5-14(11,12)13/h5-6,11-13H,1,4,7-9H2,2-3H3,(H,22,23);3-5H,1,6H2,2H3;2-3H,1,4-5H2,(H2,11,12,13). The molecule has 19 heteroatoms. The Morgan fingerprint density at radius 2 is 1.48 bits per heavy atom. The summed E-state index contributed by atoms with van der Waals surface area (Å²) in [5.41, 5.74) is -0.515. The lowest BCUT2D eigenvalue weighted by atomic mass is 9.77. The Hall–Kier alpha value is -4.24. The molecule has 4 amide bonds. The van der Waals surface area contributed by atoms with E-state index >= 15 is 0 Å². The molecule has 284 valence electrons. The number of fused-ring (bicyclic) bond motifs is 5. The van der Waals surface area contributed by atoms with Crippen LogP contribution < -0.4 is 0 Å². The van der Waals surface area contributed by atoms with Crippen molar-refractivity contribution in [3.05, 3.63) is 72.8 Å². The summed E-state index contributed by atoms with van der Waals surface area (Å²) in [6.07, 6.45) is 6.79. The average molecular weight is 769 g/mol. The average Bonchev–Trinajstić information content (AvgIpc) is 3.88. The van der Waals surface area contributed by atoms with E-state index in [0.717, 1.165) is 22.0 Å². The fourth-order valence-corrected chi connectivity index (χ4v) is 6.79. The molecule has 3 N–H and O–H groups in total. The summed E-state index contributed by atoms with van der Waals surface area (Å²) in [4.78, 5) is 98.5. The third kappa shape index (κ3) is 11.4. The van der Waals surface area contributed by atoms with Gasteiger partial charge in [0.1, 0.15) is 24.6 Å². The van der Waals surface area contributed by atoms with Crippen molar-refractivity contribution in [3.8, 4) is 0 Å². The summed E-state index contributed by atoms with van der Waals surface area (Å²) in [6, 6.07) is 3.48. The lowest BCUT2D eigenvalue weighted by Gasteiger charge is -2.28. The minimum Gasteiger partial charge on any atom is -0.466 e. The second kappa shape index (κ2) is 17.5. The molecule has 5 rings (SSSR count). The maximum absolute atomic E-state index is 12.8. The summed E-state index contributed by atoms with van der Waals surface area (Å²) in [5, 5.41) is 0. The Morgan fingerprint density at radius 1 is 0.904 bits per heavy atom. The fourth-order valence-electron chi connectivity index (χ4n) is 5.51. The first-order valence-corrected chi connectivity index (χ1v) is 20.0. The molecule has 4 aliphatic rings. The molecule has 0 aliphatic carbocycles. The van der Waals surface area contributed by atoms with Gasteiger partial charge in [-0.1, -0.05) is 19.2 Å². The number of likely N-dealkylation sites (tertiary alicyclic amines) is 1. The van der Waals surface area contributed by atoms with Crippen molar-refractivity contribution in [3.63, 3.8) is 0 Å². The lowest BCUT2D eigenvalue weighted by Crippen LogP contribution is -2.44. The highest BCUT2D eigenvalue weighted by molar-refractivity contribution is 7.57. The first kappa shape index (κ1) is 42.2. The normalized spacial score (nSPS) is 23.8. The summed E-state index contributed by atoms with van der Waals surface area (Å²) in [7, 11) is -7.23. The molecule has 5 unspecified atom stereocenters. The highest BCUT2D eigenvalue weighted by Crippen LogP contribution is 2.52. The quantitative estimate of drug-likeness (QED) is 0.0807. The third-order valence-electron chi connectivity index (χ3n) is 7.98. The van der Waals surface area contributed by atoms with Crippen molar-refractivity contribution >= 4 is 50.5 Å². The van der Waals surface area contributed by atoms with Crippen LogP contribution >= 0.6 is 15.0 Å². The molecule has 2 bridgehead atoms. The van der Waals surface area contributed by atoms with Crippen LogP contribution in [0, 0.1) is 11.8 Å². The van der Waals surface area contributed by atoms with E-state index in [4.69, 9.17) is 28.4 Å². The topological polar surface area (TPSA) is 245 Å². The van der Waals surface area contributed by atoms with E-state index in [-0.39, 0.29) is 68.9 Å². The Bertz CT molecular complexity index is 1720. The van der Waals surface area contributed by atoms with E-state index in [0.29, 0.717) is 11.3 Å². The Kier molecular flexibility index (Phi) is 14.2. The van der Waals surface area contributed by atoms with E-state index < -0.39 is 62.3 Å². The molecule has 1 aromatic heterocycles. The van der Waals surface area contributed by atoms with E-state index in [1.807, 2.05) is 0 Å². The van der Waals surface area contributed by atoms with Gasteiger partial charge < -0.3 is 33.3 Å². The van der Waals surface area contributed by atoms with Gasteiger partial charge in [-0.2, -0.15) is 0 Å². The van der Waals surface area contributed by atoms with Gasteiger partial charge in [0.25, 0.3) is 11.8 Å². The van der Waals surface area contributed by atoms with E-state index in [1.54, 1.807) is 31.2 Å². The number of imide groups is 2. The van der Waals surface area contributed by atoms with Crippen LogP contribution in [0.15, 0.2) is 71.4 Å². The van der Waals surface area contributed by atoms with Crippen LogP contribution in [0.4, 0.5) is 0 Å². The number of carbonyl (C=O) groups is 6. The molecule has 5 heterocycles. The molecular formula is C33H42N2O15P2. The van der Waals surface area contributed by atoms with Crippen molar-refractivity contribution < 1.29 is 71.2 Å². The molecule has 0 radical (unpaired) electrons. The van der Waals surface area contributed by atoms with Gasteiger partial charge in [0.05, 0.1) is 30.4 Å². The van der Waals surface area contributed by atoms with Crippen molar-refractivity contribution in [1.29, 1.82) is 0 Å². The monoisotopic (exact) mass is 768 g/mol. The maximum atomic E-state index is 12.8. The van der Waals surface area contributed by atoms with Crippen LogP contribution in [0.5, 0.6) is 0 Å². The molecule has 0 aromatic carbocycles. The number of ether oxygens (including phenoxy) is 3. The highest BCUT2D eigenvalue weighted by atomic mass is 31.2. The van der Waals surface area contributed by atoms with Gasteiger partial charge >= 0.3 is 19.5 Å². The van der Waals surface area contributed by atoms with Gasteiger partial charge in [0.15, 0.2) is 7.37 Å². The third-order valence-corrected chi connectivity index (χ3v) is 10.0. The predicted molar refractivity (Wildman–Crippen MR) is 182 cm³/mol. The predicted octanol–water partition coefficient (Wildman–Crippen LogP) is 2.08. The first-order valence-electron chi connectivity index (χ1n) is 15.9. The minimum atomic E-state index is -4.03. The van der Waals surface area contributed by atoms with Crippen LogP contribution in [-0.2, 0) is 58.7 Å². The van der Waals surface area contributed by atoms with Crippen LogP contribution in [0.25, 0.3) is 0 Å². The van der Waals surface area contributed by atoms with Gasteiger partial charge in [-0.25, -0.2) is 9.59 Å². The van der Waals surface area contributed by atoms with E-state index in [1.165, 1.54) is 19.9 Å². The molecule has 52 heavy (non-hydrogen) atoms. The summed E-state index contributed by atoms with van der Waals surface area (Å²) in [5.74, 6) is -3.33. The number of esters is 2. The molecule has 5 atom stereocenters. The number of rotatable bonds is 14. The zero-order valence-corrected chi connectivity index (χ0v) is 30.7. The Labute approximate surface area is 299 Å². The van der Waals surface area contributed by atoms with Crippen molar-refractivity contribution in [2.75, 3.05) is 38.7 Å². The second-order valence-corrected chi connectivity index (χ2v) is 16.9. The smallest absolute Gasteiger partial charge is 0.333 e. The van der Waals surface area contributed by atoms with Crippen molar-refractivity contribution in [2.24, 2.45) is 11.8 Å². The van der Waals surface area contributed by atoms with Crippen LogP contribution in [0.2, 0.25) is 0 Å². The lowest BCUT2D eigenvalue weighted by molar-refractivity contribution is -0.153. The largest absolute Gasteiger partial charge is 0.466 e. The van der Waals surface area contributed by atoms with Crippen molar-refractivity contribution in [2.45, 2.75) is 45.0 Å². The SMILES string of the molecule is C=C(C)C(=O)OCC12C=CC(O1)C1C(=O)N(CCCP(C)(=O)O)C(=O)C12.C=C(C)C(=O)OCc1ccco1.O=C1C=CC(=O)N1CCCP(=O)(O)O. The number of furan rings is 1. The number of hydrogen-bond acceptors (Lipinski definition) is 12. The second-order valence-electron chi connectivity index (χ2n) is 12.6.